The maximum atomic E-state index is 11.3. The predicted molar refractivity (Wildman–Crippen MR) is 108 cm³/mol. The van der Waals surface area contributed by atoms with E-state index in [1.165, 1.54) is 63.4 Å². The molecule has 0 aliphatic carbocycles. The average Bonchev–Trinajstić information content (AvgIpc) is 2.51. The van der Waals surface area contributed by atoms with Crippen molar-refractivity contribution in [3.8, 4) is 0 Å². The Labute approximate surface area is 177 Å². The van der Waals surface area contributed by atoms with Gasteiger partial charge in [0.15, 0.2) is 0 Å². The molecule has 1 aromatic rings. The molecule has 0 saturated heterocycles. The number of hydrogen-bond acceptors (Lipinski definition) is 2. The van der Waals surface area contributed by atoms with Gasteiger partial charge in [0.2, 0.25) is 0 Å². The van der Waals surface area contributed by atoms with Gasteiger partial charge >= 0.3 is 29.6 Å². The number of aryl methyl sites for hydroxylation is 3. The SMILES string of the molecule is CCCCCCCCCCCCc1cc(C)c(S(=O)(=O)O)cc1C.[NaH]. The van der Waals surface area contributed by atoms with E-state index < -0.39 is 10.1 Å². The van der Waals surface area contributed by atoms with Gasteiger partial charge in [-0.1, -0.05) is 70.8 Å². The van der Waals surface area contributed by atoms with E-state index in [0.29, 0.717) is 5.56 Å². The van der Waals surface area contributed by atoms with Crippen LogP contribution in [0.5, 0.6) is 0 Å². The van der Waals surface area contributed by atoms with Crippen LogP contribution in [0.3, 0.4) is 0 Å². The van der Waals surface area contributed by atoms with Crippen LogP contribution in [0.15, 0.2) is 17.0 Å². The fraction of sp³-hybridized carbons (Fsp3) is 0.700. The molecule has 1 rings (SSSR count). The zero-order valence-electron chi connectivity index (χ0n) is 15.6. The fourth-order valence-electron chi connectivity index (χ4n) is 3.20. The molecule has 0 bridgehead atoms. The van der Waals surface area contributed by atoms with Crippen LogP contribution in [-0.4, -0.2) is 42.5 Å². The number of benzene rings is 1. The molecule has 0 heterocycles. The molecular weight excluding hydrogens is 343 g/mol. The van der Waals surface area contributed by atoms with Gasteiger partial charge in [-0.05, 0) is 49.4 Å². The Morgan fingerprint density at radius 1 is 0.800 bits per heavy atom. The minimum absolute atomic E-state index is 0. The van der Waals surface area contributed by atoms with Gasteiger partial charge in [0.25, 0.3) is 10.1 Å². The fourth-order valence-corrected chi connectivity index (χ4v) is 3.99. The molecule has 0 aromatic heterocycles. The first kappa shape index (κ1) is 25.1. The Morgan fingerprint density at radius 2 is 1.28 bits per heavy atom. The van der Waals surface area contributed by atoms with Crippen LogP contribution >= 0.6 is 0 Å². The average molecular weight is 379 g/mol. The molecule has 3 nitrogen and oxygen atoms in total. The first-order chi connectivity index (χ1) is 11.4. The summed E-state index contributed by atoms with van der Waals surface area (Å²) in [5, 5.41) is 0. The molecule has 0 radical (unpaired) electrons. The molecular formula is C20H35NaO3S. The molecule has 1 N–H and O–H groups in total. The van der Waals surface area contributed by atoms with E-state index in [-0.39, 0.29) is 34.5 Å². The van der Waals surface area contributed by atoms with Gasteiger partial charge < -0.3 is 0 Å². The minimum atomic E-state index is -4.12. The molecule has 0 spiro atoms. The van der Waals surface area contributed by atoms with Gasteiger partial charge in [-0.15, -0.1) is 0 Å². The Hall–Kier alpha value is 0.130. The van der Waals surface area contributed by atoms with Crippen molar-refractivity contribution < 1.29 is 13.0 Å². The third-order valence-corrected chi connectivity index (χ3v) is 5.71. The van der Waals surface area contributed by atoms with E-state index in [2.05, 4.69) is 6.92 Å². The second-order valence-electron chi connectivity index (χ2n) is 6.95. The molecule has 0 atom stereocenters. The molecule has 0 fully saturated rings. The van der Waals surface area contributed by atoms with Crippen molar-refractivity contribution in [2.75, 3.05) is 0 Å². The van der Waals surface area contributed by atoms with Crippen molar-refractivity contribution in [1.29, 1.82) is 0 Å². The summed E-state index contributed by atoms with van der Waals surface area (Å²) >= 11 is 0. The van der Waals surface area contributed by atoms with Crippen LogP contribution in [0.2, 0.25) is 0 Å². The van der Waals surface area contributed by atoms with E-state index in [0.717, 1.165) is 18.4 Å². The van der Waals surface area contributed by atoms with Crippen LogP contribution in [-0.2, 0) is 16.5 Å². The van der Waals surface area contributed by atoms with Crippen molar-refractivity contribution in [3.05, 3.63) is 28.8 Å². The van der Waals surface area contributed by atoms with E-state index in [1.807, 2.05) is 13.0 Å². The van der Waals surface area contributed by atoms with Gasteiger partial charge in [0.05, 0.1) is 4.90 Å². The predicted octanol–water partition coefficient (Wildman–Crippen LogP) is 5.37. The molecule has 0 unspecified atom stereocenters. The van der Waals surface area contributed by atoms with Crippen molar-refractivity contribution in [2.24, 2.45) is 0 Å². The number of hydrogen-bond donors (Lipinski definition) is 1. The summed E-state index contributed by atoms with van der Waals surface area (Å²) in [7, 11) is -4.12. The van der Waals surface area contributed by atoms with Gasteiger partial charge in [-0.2, -0.15) is 8.42 Å². The van der Waals surface area contributed by atoms with Crippen LogP contribution in [0.1, 0.15) is 87.8 Å². The Morgan fingerprint density at radius 3 is 1.76 bits per heavy atom. The van der Waals surface area contributed by atoms with Crippen LogP contribution in [0.4, 0.5) is 0 Å². The molecule has 0 amide bonds. The summed E-state index contributed by atoms with van der Waals surface area (Å²) in [4.78, 5) is 0.0341. The second kappa shape index (κ2) is 13.3. The van der Waals surface area contributed by atoms with Gasteiger partial charge in [0, 0.05) is 0 Å². The van der Waals surface area contributed by atoms with Crippen LogP contribution in [0.25, 0.3) is 0 Å². The first-order valence-electron chi connectivity index (χ1n) is 9.44. The molecule has 0 aliphatic rings. The zero-order valence-corrected chi connectivity index (χ0v) is 16.4. The first-order valence-corrected chi connectivity index (χ1v) is 10.9. The van der Waals surface area contributed by atoms with E-state index in [9.17, 15) is 13.0 Å². The molecule has 1 aromatic carbocycles. The van der Waals surface area contributed by atoms with Crippen molar-refractivity contribution in [3.63, 3.8) is 0 Å². The van der Waals surface area contributed by atoms with Crippen LogP contribution in [0, 0.1) is 13.8 Å². The van der Waals surface area contributed by atoms with Gasteiger partial charge in [-0.3, -0.25) is 4.55 Å². The molecule has 0 aliphatic heterocycles. The summed E-state index contributed by atoms with van der Waals surface area (Å²) in [6, 6.07) is 3.50. The Balaban J connectivity index is 0.00000576. The third kappa shape index (κ3) is 10.1. The van der Waals surface area contributed by atoms with E-state index >= 15 is 0 Å². The Kier molecular flexibility index (Phi) is 13.4. The summed E-state index contributed by atoms with van der Waals surface area (Å²) in [6.45, 7) is 5.91. The Bertz CT molecular complexity index is 597. The summed E-state index contributed by atoms with van der Waals surface area (Å²) in [5.41, 5.74) is 2.77. The van der Waals surface area contributed by atoms with E-state index in [1.54, 1.807) is 13.0 Å². The second-order valence-corrected chi connectivity index (χ2v) is 8.34. The van der Waals surface area contributed by atoms with Gasteiger partial charge in [0.1, 0.15) is 0 Å². The maximum absolute atomic E-state index is 11.3. The molecule has 0 saturated carbocycles. The summed E-state index contributed by atoms with van der Waals surface area (Å²) in [5.74, 6) is 0. The van der Waals surface area contributed by atoms with Crippen molar-refractivity contribution >= 4 is 39.7 Å². The van der Waals surface area contributed by atoms with Crippen molar-refractivity contribution in [2.45, 2.75) is 96.3 Å². The number of rotatable bonds is 12. The van der Waals surface area contributed by atoms with E-state index in [4.69, 9.17) is 0 Å². The van der Waals surface area contributed by atoms with Crippen LogP contribution < -0.4 is 0 Å². The summed E-state index contributed by atoms with van der Waals surface area (Å²) in [6.07, 6.45) is 14.1. The standard InChI is InChI=1S/C20H34O3S.Na.H/c1-4-5-6-7-8-9-10-11-12-13-14-19-15-18(3)20(16-17(19)2)24(21,22)23;;/h15-16H,4-14H2,1-3H3,(H,21,22,23);;. The molecule has 5 heteroatoms. The molecule has 25 heavy (non-hydrogen) atoms. The number of unbranched alkanes of at least 4 members (excludes halogenated alkanes) is 9. The topological polar surface area (TPSA) is 54.4 Å². The van der Waals surface area contributed by atoms with Crippen molar-refractivity contribution in [1.82, 2.24) is 0 Å². The third-order valence-electron chi connectivity index (χ3n) is 4.71. The summed E-state index contributed by atoms with van der Waals surface area (Å²) < 4.78 is 31.9. The normalized spacial score (nSPS) is 11.4. The molecule has 140 valence electrons. The van der Waals surface area contributed by atoms with Gasteiger partial charge in [-0.25, -0.2) is 0 Å². The zero-order chi connectivity index (χ0) is 18.0. The quantitative estimate of drug-likeness (QED) is 0.302. The monoisotopic (exact) mass is 378 g/mol.